The normalized spacial score (nSPS) is 22.3. The van der Waals surface area contributed by atoms with Crippen molar-refractivity contribution >= 4 is 34.0 Å². The van der Waals surface area contributed by atoms with Crippen LogP contribution in [0.1, 0.15) is 76.2 Å². The molecule has 3 aliphatic heterocycles. The maximum Gasteiger partial charge on any atom is 0.240 e. The van der Waals surface area contributed by atoms with Crippen LogP contribution in [0.3, 0.4) is 0 Å². The zero-order chi connectivity index (χ0) is 21.5. The highest BCUT2D eigenvalue weighted by atomic mass is 15.3. The lowest BCUT2D eigenvalue weighted by atomic mass is 9.87. The summed E-state index contributed by atoms with van der Waals surface area (Å²) in [7, 11) is 0. The van der Waals surface area contributed by atoms with Crippen LogP contribution in [0.4, 0.5) is 23.3 Å². The molecule has 5 heterocycles. The van der Waals surface area contributed by atoms with Gasteiger partial charge in [0.2, 0.25) is 23.3 Å². The zero-order valence-electron chi connectivity index (χ0n) is 19.0. The molecule has 0 bridgehead atoms. The summed E-state index contributed by atoms with van der Waals surface area (Å²) in [4.78, 5) is 12.3. The number of H-pyrrole nitrogens is 2. The number of rotatable bonds is 2. The molecule has 6 rings (SSSR count). The molecule has 168 valence electrons. The van der Waals surface area contributed by atoms with Crippen LogP contribution in [0.25, 0.3) is 10.8 Å². The molecule has 32 heavy (non-hydrogen) atoms. The number of aromatic nitrogens is 2. The van der Waals surface area contributed by atoms with E-state index in [1.54, 1.807) is 0 Å². The average Bonchev–Trinajstić information content (AvgIpc) is 2.85. The lowest BCUT2D eigenvalue weighted by molar-refractivity contribution is -0.354. The minimum atomic E-state index is -0.112. The molecule has 7 heteroatoms. The highest BCUT2D eigenvalue weighted by Crippen LogP contribution is 2.42. The summed E-state index contributed by atoms with van der Waals surface area (Å²) in [5, 5.41) is 20.2. The largest absolute Gasteiger partial charge is 0.293 e. The van der Waals surface area contributed by atoms with Gasteiger partial charge >= 0.3 is 0 Å². The molecule has 1 spiro atoms. The van der Waals surface area contributed by atoms with E-state index in [2.05, 4.69) is 42.5 Å². The Balaban J connectivity index is 1.55. The number of aromatic amines is 2. The number of nitriles is 1. The molecule has 1 aliphatic carbocycles. The van der Waals surface area contributed by atoms with Crippen LogP contribution in [0, 0.1) is 11.3 Å². The van der Waals surface area contributed by atoms with Crippen LogP contribution >= 0.6 is 0 Å². The van der Waals surface area contributed by atoms with E-state index in [4.69, 9.17) is 0 Å². The first-order valence-electron chi connectivity index (χ1n) is 12.7. The molecular weight excluding hydrogens is 398 g/mol. The molecule has 2 aromatic rings. The van der Waals surface area contributed by atoms with Gasteiger partial charge in [-0.3, -0.25) is 20.4 Å². The van der Waals surface area contributed by atoms with Gasteiger partial charge in [-0.15, -0.1) is 0 Å². The molecule has 4 aliphatic rings. The Morgan fingerprint density at radius 1 is 0.781 bits per heavy atom. The van der Waals surface area contributed by atoms with Gasteiger partial charge in [0.25, 0.3) is 0 Å². The van der Waals surface area contributed by atoms with Crippen LogP contribution in [-0.2, 0) is 0 Å². The second-order valence-corrected chi connectivity index (χ2v) is 10.1. The third-order valence-electron chi connectivity index (χ3n) is 7.97. The van der Waals surface area contributed by atoms with E-state index in [1.165, 1.54) is 57.8 Å². The first-order valence-corrected chi connectivity index (χ1v) is 12.7. The van der Waals surface area contributed by atoms with Gasteiger partial charge in [0.05, 0.1) is 26.2 Å². The monoisotopic (exact) mass is 433 g/mol. The summed E-state index contributed by atoms with van der Waals surface area (Å²) in [5.41, 5.74) is 0.668. The Hall–Kier alpha value is -2.75. The van der Waals surface area contributed by atoms with Crippen molar-refractivity contribution < 1.29 is 9.97 Å². The Bertz CT molecular complexity index is 1040. The molecule has 3 fully saturated rings. The summed E-state index contributed by atoms with van der Waals surface area (Å²) in [6, 6.07) is 4.81. The predicted molar refractivity (Wildman–Crippen MR) is 127 cm³/mol. The van der Waals surface area contributed by atoms with Crippen molar-refractivity contribution in [2.24, 2.45) is 0 Å². The average molecular weight is 434 g/mol. The Kier molecular flexibility index (Phi) is 4.97. The molecule has 4 N–H and O–H groups in total. The van der Waals surface area contributed by atoms with Gasteiger partial charge in [-0.25, -0.2) is 9.97 Å². The van der Waals surface area contributed by atoms with Crippen LogP contribution in [0.2, 0.25) is 0 Å². The van der Waals surface area contributed by atoms with E-state index in [9.17, 15) is 5.26 Å². The maximum absolute atomic E-state index is 10.3. The summed E-state index contributed by atoms with van der Waals surface area (Å²) in [6.07, 6.45) is 13.4. The fraction of sp³-hybridized carbons (Fsp3) is 0.640. The van der Waals surface area contributed by atoms with Crippen LogP contribution < -0.4 is 30.4 Å². The van der Waals surface area contributed by atoms with E-state index in [0.717, 1.165) is 78.6 Å². The summed E-state index contributed by atoms with van der Waals surface area (Å²) >= 11 is 0. The third kappa shape index (κ3) is 3.32. The van der Waals surface area contributed by atoms with Gasteiger partial charge < -0.3 is 0 Å². The molecule has 2 saturated heterocycles. The first kappa shape index (κ1) is 19.9. The van der Waals surface area contributed by atoms with Crippen molar-refractivity contribution in [1.29, 1.82) is 5.26 Å². The summed E-state index contributed by atoms with van der Waals surface area (Å²) in [5.74, 6) is 4.27. The van der Waals surface area contributed by atoms with Gasteiger partial charge in [0, 0.05) is 24.3 Å². The molecule has 0 aromatic carbocycles. The van der Waals surface area contributed by atoms with E-state index in [1.807, 2.05) is 0 Å². The number of piperidine rings is 2. The van der Waals surface area contributed by atoms with Gasteiger partial charge in [-0.2, -0.15) is 5.26 Å². The van der Waals surface area contributed by atoms with Crippen molar-refractivity contribution in [2.75, 3.05) is 46.6 Å². The van der Waals surface area contributed by atoms with Crippen molar-refractivity contribution in [3.8, 4) is 6.07 Å². The molecule has 7 nitrogen and oxygen atoms in total. The van der Waals surface area contributed by atoms with Crippen LogP contribution in [0.15, 0.2) is 6.07 Å². The second kappa shape index (κ2) is 7.99. The summed E-state index contributed by atoms with van der Waals surface area (Å²) in [6.45, 7) is 4.20. The quantitative estimate of drug-likeness (QED) is 0.752. The molecule has 1 saturated carbocycles. The van der Waals surface area contributed by atoms with Crippen molar-refractivity contribution in [3.63, 3.8) is 0 Å². The minimum absolute atomic E-state index is 0.112. The molecule has 0 unspecified atom stereocenters. The number of anilines is 4. The Morgan fingerprint density at radius 2 is 1.38 bits per heavy atom. The topological polar surface area (TPSA) is 82.6 Å². The Labute approximate surface area is 190 Å². The van der Waals surface area contributed by atoms with Crippen molar-refractivity contribution in [2.45, 2.75) is 76.3 Å². The molecule has 0 radical (unpaired) electrons. The van der Waals surface area contributed by atoms with E-state index in [0.29, 0.717) is 0 Å². The highest BCUT2D eigenvalue weighted by Gasteiger charge is 2.44. The van der Waals surface area contributed by atoms with Crippen molar-refractivity contribution in [3.05, 3.63) is 11.6 Å². The Morgan fingerprint density at radius 3 is 2.03 bits per heavy atom. The molecule has 0 amide bonds. The number of hydrogen-bond donors (Lipinski definition) is 2. The standard InChI is InChI=1S/C25H33N7/c26-17-19-18-16-20(31-12-6-2-7-13-31)27-22-21(18)23(28-24(19)32-14-8-3-9-15-32)30-25(29-22)10-4-1-5-11-25/h16H,1-15H2,(H,27,29)(H,28,30)/p+2. The zero-order valence-corrected chi connectivity index (χ0v) is 19.0. The number of nitrogens with zero attached hydrogens (tertiary/aromatic N) is 3. The molecule has 0 atom stereocenters. The van der Waals surface area contributed by atoms with Crippen LogP contribution in [-0.4, -0.2) is 31.8 Å². The third-order valence-corrected chi connectivity index (χ3v) is 7.97. The lowest BCUT2D eigenvalue weighted by Gasteiger charge is -2.37. The van der Waals surface area contributed by atoms with E-state index < -0.39 is 0 Å². The predicted octanol–water partition coefficient (Wildman–Crippen LogP) is 3.82. The number of nitrogens with one attached hydrogen (secondary N) is 4. The van der Waals surface area contributed by atoms with E-state index >= 15 is 0 Å². The minimum Gasteiger partial charge on any atom is -0.293 e. The number of hydrogen-bond acceptors (Lipinski definition) is 5. The van der Waals surface area contributed by atoms with Gasteiger partial charge in [0.15, 0.2) is 5.66 Å². The molecular formula is C25H35N7+2. The fourth-order valence-electron chi connectivity index (χ4n) is 6.27. The van der Waals surface area contributed by atoms with Crippen LogP contribution in [0.5, 0.6) is 0 Å². The highest BCUT2D eigenvalue weighted by molar-refractivity contribution is 6.04. The first-order chi connectivity index (χ1) is 15.8. The fourth-order valence-corrected chi connectivity index (χ4v) is 6.27. The van der Waals surface area contributed by atoms with E-state index in [-0.39, 0.29) is 5.66 Å². The van der Waals surface area contributed by atoms with Gasteiger partial charge in [0.1, 0.15) is 17.0 Å². The van der Waals surface area contributed by atoms with Gasteiger partial charge in [-0.1, -0.05) is 6.42 Å². The SMILES string of the molecule is N#Cc1c(N2CCCCC2)[nH+]c2c3c([nH+]c(N4CCCCC4)cc13)NC1(CCCCC1)N2. The lowest BCUT2D eigenvalue weighted by Crippen LogP contribution is -2.53. The second-order valence-electron chi connectivity index (χ2n) is 10.1. The maximum atomic E-state index is 10.3. The van der Waals surface area contributed by atoms with Gasteiger partial charge in [-0.05, 0) is 51.4 Å². The number of pyridine rings is 2. The smallest absolute Gasteiger partial charge is 0.240 e. The molecule has 2 aromatic heterocycles. The summed E-state index contributed by atoms with van der Waals surface area (Å²) < 4.78 is 0. The van der Waals surface area contributed by atoms with Crippen molar-refractivity contribution in [1.82, 2.24) is 0 Å².